The summed E-state index contributed by atoms with van der Waals surface area (Å²) in [7, 11) is 1.55. The van der Waals surface area contributed by atoms with Crippen molar-refractivity contribution in [2.45, 2.75) is 65.1 Å². The van der Waals surface area contributed by atoms with Crippen molar-refractivity contribution in [3.63, 3.8) is 0 Å². The predicted molar refractivity (Wildman–Crippen MR) is 125 cm³/mol. The normalized spacial score (nSPS) is 20.1. The molecule has 182 valence electrons. The van der Waals surface area contributed by atoms with Crippen molar-refractivity contribution >= 4 is 17.7 Å². The molecule has 2 aliphatic heterocycles. The largest absolute Gasteiger partial charge is 0.497 e. The number of hydrogen-bond acceptors (Lipinski definition) is 5. The monoisotopic (exact) mass is 459 g/mol. The van der Waals surface area contributed by atoms with Gasteiger partial charge in [-0.15, -0.1) is 0 Å². The van der Waals surface area contributed by atoms with Gasteiger partial charge >= 0.3 is 0 Å². The molecule has 3 rings (SSSR count). The Morgan fingerprint density at radius 1 is 1.21 bits per heavy atom. The molecule has 1 N–H and O–H groups in total. The van der Waals surface area contributed by atoms with Crippen LogP contribution in [0, 0.1) is 5.41 Å². The maximum absolute atomic E-state index is 13.7. The van der Waals surface area contributed by atoms with Crippen LogP contribution in [0.2, 0.25) is 0 Å². The van der Waals surface area contributed by atoms with Crippen molar-refractivity contribution in [2.75, 3.05) is 33.4 Å². The van der Waals surface area contributed by atoms with E-state index in [0.29, 0.717) is 50.2 Å². The Morgan fingerprint density at radius 3 is 2.52 bits per heavy atom. The van der Waals surface area contributed by atoms with Crippen molar-refractivity contribution in [3.05, 3.63) is 29.8 Å². The molecule has 8 heteroatoms. The molecule has 1 unspecified atom stereocenters. The molecule has 8 nitrogen and oxygen atoms in total. The summed E-state index contributed by atoms with van der Waals surface area (Å²) < 4.78 is 11.5. The Hall–Kier alpha value is -2.61. The van der Waals surface area contributed by atoms with Gasteiger partial charge in [-0.1, -0.05) is 33.8 Å². The molecule has 2 heterocycles. The molecule has 1 atom stereocenters. The lowest BCUT2D eigenvalue weighted by atomic mass is 9.90. The second-order valence-corrected chi connectivity index (χ2v) is 10.1. The number of amides is 3. The quantitative estimate of drug-likeness (QED) is 0.707. The molecular weight excluding hydrogens is 422 g/mol. The first kappa shape index (κ1) is 25.0. The van der Waals surface area contributed by atoms with E-state index in [9.17, 15) is 14.4 Å². The molecule has 1 aromatic rings. The highest BCUT2D eigenvalue weighted by molar-refractivity contribution is 5.98. The van der Waals surface area contributed by atoms with E-state index in [4.69, 9.17) is 9.47 Å². The zero-order chi connectivity index (χ0) is 24.2. The van der Waals surface area contributed by atoms with Crippen LogP contribution in [0.25, 0.3) is 0 Å². The number of nitrogens with zero attached hydrogens (tertiary/aromatic N) is 2. The van der Waals surface area contributed by atoms with Crippen LogP contribution in [-0.2, 0) is 14.3 Å². The van der Waals surface area contributed by atoms with Crippen LogP contribution in [-0.4, -0.2) is 72.6 Å². The third-order valence-corrected chi connectivity index (χ3v) is 6.23. The molecule has 0 aromatic heterocycles. The van der Waals surface area contributed by atoms with Gasteiger partial charge in [0.1, 0.15) is 17.5 Å². The lowest BCUT2D eigenvalue weighted by Crippen LogP contribution is -2.60. The van der Waals surface area contributed by atoms with Gasteiger partial charge in [0.2, 0.25) is 11.8 Å². The molecule has 0 radical (unpaired) electrons. The van der Waals surface area contributed by atoms with Crippen LogP contribution in [0.15, 0.2) is 24.3 Å². The Balaban J connectivity index is 1.84. The van der Waals surface area contributed by atoms with E-state index in [2.05, 4.69) is 5.32 Å². The van der Waals surface area contributed by atoms with E-state index in [-0.39, 0.29) is 29.7 Å². The average Bonchev–Trinajstić information content (AvgIpc) is 3.14. The van der Waals surface area contributed by atoms with Gasteiger partial charge in [0.25, 0.3) is 5.91 Å². The van der Waals surface area contributed by atoms with Gasteiger partial charge in [-0.25, -0.2) is 0 Å². The molecule has 33 heavy (non-hydrogen) atoms. The number of methoxy groups -OCH3 is 1. The Bertz CT molecular complexity index is 871. The molecule has 0 bridgehead atoms. The maximum atomic E-state index is 13.7. The van der Waals surface area contributed by atoms with Crippen LogP contribution in [0.1, 0.15) is 63.7 Å². The van der Waals surface area contributed by atoms with E-state index in [0.717, 1.165) is 6.42 Å². The number of likely N-dealkylation sites (tertiary alicyclic amines) is 1. The highest BCUT2D eigenvalue weighted by Gasteiger charge is 2.54. The second-order valence-electron chi connectivity index (χ2n) is 10.1. The smallest absolute Gasteiger partial charge is 0.257 e. The highest BCUT2D eigenvalue weighted by atomic mass is 16.5. The number of rotatable bonds is 6. The van der Waals surface area contributed by atoms with Crippen molar-refractivity contribution in [2.24, 2.45) is 5.41 Å². The minimum absolute atomic E-state index is 0.0904. The lowest BCUT2D eigenvalue weighted by Gasteiger charge is -2.44. The summed E-state index contributed by atoms with van der Waals surface area (Å²) in [6.07, 6.45) is 2.21. The van der Waals surface area contributed by atoms with E-state index in [1.165, 1.54) is 0 Å². The fraction of sp³-hybridized carbons (Fsp3) is 0.640. The summed E-state index contributed by atoms with van der Waals surface area (Å²) >= 11 is 0. The van der Waals surface area contributed by atoms with Crippen molar-refractivity contribution in [1.82, 2.24) is 15.1 Å². The summed E-state index contributed by atoms with van der Waals surface area (Å²) in [4.78, 5) is 42.9. The van der Waals surface area contributed by atoms with Crippen LogP contribution < -0.4 is 10.1 Å². The van der Waals surface area contributed by atoms with Gasteiger partial charge in [-0.3, -0.25) is 19.3 Å². The van der Waals surface area contributed by atoms with Crippen LogP contribution in [0.4, 0.5) is 0 Å². The number of carbonyl (C=O) groups excluding carboxylic acids is 3. The minimum Gasteiger partial charge on any atom is -0.497 e. The summed E-state index contributed by atoms with van der Waals surface area (Å²) in [6, 6.07) is 6.22. The van der Waals surface area contributed by atoms with E-state index in [1.807, 2.05) is 32.6 Å². The first-order valence-electron chi connectivity index (χ1n) is 11.8. The second kappa shape index (κ2) is 10.1. The zero-order valence-electron chi connectivity index (χ0n) is 20.5. The van der Waals surface area contributed by atoms with Crippen LogP contribution in [0.5, 0.6) is 5.75 Å². The maximum Gasteiger partial charge on any atom is 0.257 e. The molecular formula is C25H37N3O5. The van der Waals surface area contributed by atoms with E-state index < -0.39 is 11.8 Å². The molecule has 1 aromatic carbocycles. The number of nitrogens with one attached hydrogen (secondary N) is 1. The fourth-order valence-corrected chi connectivity index (χ4v) is 4.50. The summed E-state index contributed by atoms with van der Waals surface area (Å²) in [5, 5.41) is 2.91. The number of benzene rings is 1. The molecule has 0 saturated carbocycles. The fourth-order valence-electron chi connectivity index (χ4n) is 4.50. The third kappa shape index (κ3) is 5.66. The summed E-state index contributed by atoms with van der Waals surface area (Å²) in [6.45, 7) is 9.77. The van der Waals surface area contributed by atoms with Gasteiger partial charge in [0.15, 0.2) is 0 Å². The zero-order valence-corrected chi connectivity index (χ0v) is 20.5. The summed E-state index contributed by atoms with van der Waals surface area (Å²) in [5.74, 6) is 0.205. The van der Waals surface area contributed by atoms with Gasteiger partial charge in [0.05, 0.1) is 13.7 Å². The summed E-state index contributed by atoms with van der Waals surface area (Å²) in [5.41, 5.74) is -0.557. The topological polar surface area (TPSA) is 88.2 Å². The molecule has 0 aliphatic carbocycles. The van der Waals surface area contributed by atoms with Crippen molar-refractivity contribution in [3.8, 4) is 5.75 Å². The van der Waals surface area contributed by atoms with Gasteiger partial charge in [-0.2, -0.15) is 0 Å². The number of hydrogen-bond donors (Lipinski definition) is 1. The SMILES string of the molecule is CCCNC(=O)C1COC2(CCN(C(=O)CC(C)(C)C)CC2)N1C(=O)c1cccc(OC)c1. The molecule has 1 spiro atoms. The molecule has 3 amide bonds. The Kier molecular flexibility index (Phi) is 7.67. The van der Waals surface area contributed by atoms with Gasteiger partial charge in [-0.05, 0) is 30.0 Å². The molecule has 2 saturated heterocycles. The number of carbonyl (C=O) groups is 3. The van der Waals surface area contributed by atoms with E-state index in [1.54, 1.807) is 36.3 Å². The van der Waals surface area contributed by atoms with Crippen molar-refractivity contribution in [1.29, 1.82) is 0 Å². The first-order valence-corrected chi connectivity index (χ1v) is 11.8. The number of piperidine rings is 1. The van der Waals surface area contributed by atoms with Gasteiger partial charge < -0.3 is 19.7 Å². The van der Waals surface area contributed by atoms with Crippen LogP contribution in [0.3, 0.4) is 0 Å². The standard InChI is InChI=1S/C25H37N3O5/c1-6-12-26-22(30)20-17-33-25(10-13-27(14-11-25)21(29)16-24(2,3)4)28(20)23(31)18-8-7-9-19(15-18)32-5/h7-9,15,20H,6,10-14,16-17H2,1-5H3,(H,26,30). The first-order chi connectivity index (χ1) is 15.6. The highest BCUT2D eigenvalue weighted by Crippen LogP contribution is 2.39. The van der Waals surface area contributed by atoms with E-state index >= 15 is 0 Å². The Labute approximate surface area is 196 Å². The predicted octanol–water partition coefficient (Wildman–Crippen LogP) is 2.82. The third-order valence-electron chi connectivity index (χ3n) is 6.23. The molecule has 2 fully saturated rings. The lowest BCUT2D eigenvalue weighted by molar-refractivity contribution is -0.145. The van der Waals surface area contributed by atoms with Crippen molar-refractivity contribution < 1.29 is 23.9 Å². The minimum atomic E-state index is -0.910. The Morgan fingerprint density at radius 2 is 1.91 bits per heavy atom. The number of ether oxygens (including phenoxy) is 2. The molecule has 2 aliphatic rings. The van der Waals surface area contributed by atoms with Crippen LogP contribution >= 0.6 is 0 Å². The van der Waals surface area contributed by atoms with Gasteiger partial charge in [0, 0.05) is 44.5 Å². The average molecular weight is 460 g/mol.